The zero-order chi connectivity index (χ0) is 13.5. The van der Waals surface area contributed by atoms with Crippen molar-refractivity contribution >= 4 is 21.6 Å². The van der Waals surface area contributed by atoms with Gasteiger partial charge in [0.2, 0.25) is 6.79 Å². The molecule has 102 valence electrons. The molecule has 0 saturated heterocycles. The van der Waals surface area contributed by atoms with E-state index in [2.05, 4.69) is 39.4 Å². The summed E-state index contributed by atoms with van der Waals surface area (Å²) in [7, 11) is 0. The molecule has 4 heteroatoms. The Labute approximate surface area is 126 Å². The minimum absolute atomic E-state index is 0.317. The van der Waals surface area contributed by atoms with E-state index in [-0.39, 0.29) is 0 Å². The van der Waals surface area contributed by atoms with Gasteiger partial charge >= 0.3 is 0 Å². The van der Waals surface area contributed by atoms with Gasteiger partial charge in [-0.05, 0) is 42.2 Å². The Hall–Kier alpha value is -1.68. The van der Waals surface area contributed by atoms with E-state index in [1.54, 1.807) is 0 Å². The quantitative estimate of drug-likeness (QED) is 0.891. The first-order chi connectivity index (χ1) is 9.81. The van der Waals surface area contributed by atoms with Gasteiger partial charge in [-0.15, -0.1) is 0 Å². The van der Waals surface area contributed by atoms with Gasteiger partial charge in [0, 0.05) is 16.2 Å². The van der Waals surface area contributed by atoms with Gasteiger partial charge in [-0.25, -0.2) is 0 Å². The minimum Gasteiger partial charge on any atom is -0.454 e. The van der Waals surface area contributed by atoms with Crippen LogP contribution >= 0.6 is 15.9 Å². The van der Waals surface area contributed by atoms with Gasteiger partial charge in [0.05, 0.1) is 6.04 Å². The Kier molecular flexibility index (Phi) is 2.84. The number of halogens is 1. The molecule has 1 atom stereocenters. The van der Waals surface area contributed by atoms with E-state index in [1.165, 1.54) is 15.6 Å². The maximum Gasteiger partial charge on any atom is 0.231 e. The summed E-state index contributed by atoms with van der Waals surface area (Å²) in [4.78, 5) is 0. The lowest BCUT2D eigenvalue weighted by Gasteiger charge is -2.16. The third kappa shape index (κ3) is 1.95. The summed E-state index contributed by atoms with van der Waals surface area (Å²) in [6.45, 7) is 0.317. The summed E-state index contributed by atoms with van der Waals surface area (Å²) in [6, 6.07) is 12.8. The summed E-state index contributed by atoms with van der Waals surface area (Å²) in [5.41, 5.74) is 3.88. The van der Waals surface area contributed by atoms with Gasteiger partial charge < -0.3 is 14.8 Å². The number of ether oxygens (including phenoxy) is 2. The van der Waals surface area contributed by atoms with Crippen molar-refractivity contribution < 1.29 is 9.47 Å². The highest BCUT2D eigenvalue weighted by Gasteiger charge is 2.24. The number of rotatable bonds is 2. The van der Waals surface area contributed by atoms with Gasteiger partial charge in [0.25, 0.3) is 0 Å². The van der Waals surface area contributed by atoms with Crippen LogP contribution in [0.3, 0.4) is 0 Å². The van der Waals surface area contributed by atoms with Gasteiger partial charge in [-0.2, -0.15) is 0 Å². The van der Waals surface area contributed by atoms with Gasteiger partial charge in [0.1, 0.15) is 0 Å². The smallest absolute Gasteiger partial charge is 0.231 e. The van der Waals surface area contributed by atoms with Crippen LogP contribution in [-0.4, -0.2) is 6.79 Å². The molecule has 0 saturated carbocycles. The summed E-state index contributed by atoms with van der Waals surface area (Å²) in [6.07, 6.45) is 2.23. The van der Waals surface area contributed by atoms with Crippen molar-refractivity contribution in [2.75, 3.05) is 12.1 Å². The second-order valence-corrected chi connectivity index (χ2v) is 5.97. The van der Waals surface area contributed by atoms with E-state index >= 15 is 0 Å². The maximum atomic E-state index is 5.42. The maximum absolute atomic E-state index is 5.42. The SMILES string of the molecule is Brc1cccc2c1CCC2Nc1ccc2c(c1)OCO2. The minimum atomic E-state index is 0.317. The van der Waals surface area contributed by atoms with Crippen LogP contribution in [0.1, 0.15) is 23.6 Å². The lowest BCUT2D eigenvalue weighted by molar-refractivity contribution is 0.174. The molecule has 0 amide bonds. The van der Waals surface area contributed by atoms with E-state index in [0.717, 1.165) is 30.0 Å². The highest BCUT2D eigenvalue weighted by atomic mass is 79.9. The van der Waals surface area contributed by atoms with Crippen LogP contribution in [0.15, 0.2) is 40.9 Å². The van der Waals surface area contributed by atoms with Crippen LogP contribution in [0.25, 0.3) is 0 Å². The first-order valence-electron chi connectivity index (χ1n) is 6.75. The predicted octanol–water partition coefficient (Wildman–Crippen LogP) is 4.28. The molecule has 1 aliphatic heterocycles. The predicted molar refractivity (Wildman–Crippen MR) is 81.4 cm³/mol. The molecular weight excluding hydrogens is 318 g/mol. The Morgan fingerprint density at radius 3 is 2.95 bits per heavy atom. The molecule has 2 aromatic rings. The molecular formula is C16H14BrNO2. The van der Waals surface area contributed by atoms with Crippen molar-refractivity contribution in [1.82, 2.24) is 0 Å². The molecule has 3 nitrogen and oxygen atoms in total. The first kappa shape index (κ1) is 12.1. The van der Waals surface area contributed by atoms with Crippen molar-refractivity contribution in [3.05, 3.63) is 52.0 Å². The fourth-order valence-electron chi connectivity index (χ4n) is 2.95. The van der Waals surface area contributed by atoms with E-state index in [4.69, 9.17) is 9.47 Å². The lowest BCUT2D eigenvalue weighted by Crippen LogP contribution is -2.06. The van der Waals surface area contributed by atoms with Crippen LogP contribution in [-0.2, 0) is 6.42 Å². The third-order valence-corrected chi connectivity index (χ3v) is 4.67. The second-order valence-electron chi connectivity index (χ2n) is 5.11. The molecule has 0 fully saturated rings. The molecule has 1 aliphatic carbocycles. The fraction of sp³-hybridized carbons (Fsp3) is 0.250. The molecule has 20 heavy (non-hydrogen) atoms. The van der Waals surface area contributed by atoms with Gasteiger partial charge in [0.15, 0.2) is 11.5 Å². The van der Waals surface area contributed by atoms with Crippen molar-refractivity contribution in [3.8, 4) is 11.5 Å². The van der Waals surface area contributed by atoms with E-state index in [9.17, 15) is 0 Å². The van der Waals surface area contributed by atoms with E-state index < -0.39 is 0 Å². The van der Waals surface area contributed by atoms with Crippen LogP contribution in [0, 0.1) is 0 Å². The number of hydrogen-bond donors (Lipinski definition) is 1. The zero-order valence-corrected chi connectivity index (χ0v) is 12.4. The number of anilines is 1. The molecule has 0 aromatic heterocycles. The molecule has 4 rings (SSSR count). The first-order valence-corrected chi connectivity index (χ1v) is 7.54. The average molecular weight is 332 g/mol. The van der Waals surface area contributed by atoms with Crippen molar-refractivity contribution in [3.63, 3.8) is 0 Å². The molecule has 0 spiro atoms. The van der Waals surface area contributed by atoms with Crippen LogP contribution in [0.4, 0.5) is 5.69 Å². The Balaban J connectivity index is 1.61. The highest BCUT2D eigenvalue weighted by Crippen LogP contribution is 2.39. The Morgan fingerprint density at radius 1 is 1.10 bits per heavy atom. The van der Waals surface area contributed by atoms with Crippen LogP contribution in [0.2, 0.25) is 0 Å². The van der Waals surface area contributed by atoms with Crippen molar-refractivity contribution in [2.24, 2.45) is 0 Å². The van der Waals surface area contributed by atoms with Gasteiger partial charge in [-0.1, -0.05) is 28.1 Å². The molecule has 2 aromatic carbocycles. The number of hydrogen-bond acceptors (Lipinski definition) is 3. The van der Waals surface area contributed by atoms with Crippen molar-refractivity contribution in [2.45, 2.75) is 18.9 Å². The van der Waals surface area contributed by atoms with Gasteiger partial charge in [-0.3, -0.25) is 0 Å². The standard InChI is InChI=1S/C16H14BrNO2/c17-13-3-1-2-12-11(13)5-6-14(12)18-10-4-7-15-16(8-10)20-9-19-15/h1-4,7-8,14,18H,5-6,9H2. The van der Waals surface area contributed by atoms with E-state index in [1.807, 2.05) is 18.2 Å². The third-order valence-electron chi connectivity index (χ3n) is 3.93. The highest BCUT2D eigenvalue weighted by molar-refractivity contribution is 9.10. The Bertz CT molecular complexity index is 672. The topological polar surface area (TPSA) is 30.5 Å². The summed E-state index contributed by atoms with van der Waals surface area (Å²) in [5.74, 6) is 1.65. The summed E-state index contributed by atoms with van der Waals surface area (Å²) >= 11 is 3.64. The van der Waals surface area contributed by atoms with E-state index in [0.29, 0.717) is 12.8 Å². The normalized spacial score (nSPS) is 18.9. The van der Waals surface area contributed by atoms with Crippen LogP contribution < -0.4 is 14.8 Å². The molecule has 1 N–H and O–H groups in total. The Morgan fingerprint density at radius 2 is 2.00 bits per heavy atom. The molecule has 1 unspecified atom stereocenters. The fourth-order valence-corrected chi connectivity index (χ4v) is 3.53. The molecule has 0 bridgehead atoms. The monoisotopic (exact) mass is 331 g/mol. The number of benzene rings is 2. The van der Waals surface area contributed by atoms with Crippen molar-refractivity contribution in [1.29, 1.82) is 0 Å². The van der Waals surface area contributed by atoms with Crippen LogP contribution in [0.5, 0.6) is 11.5 Å². The largest absolute Gasteiger partial charge is 0.454 e. The molecule has 1 heterocycles. The average Bonchev–Trinajstić information content (AvgIpc) is 3.06. The number of nitrogens with one attached hydrogen (secondary N) is 1. The lowest BCUT2D eigenvalue weighted by atomic mass is 10.1. The zero-order valence-electron chi connectivity index (χ0n) is 10.9. The second kappa shape index (κ2) is 4.70. The molecule has 2 aliphatic rings. The summed E-state index contributed by atoms with van der Waals surface area (Å²) < 4.78 is 12.0. The number of fused-ring (bicyclic) bond motifs is 2. The summed E-state index contributed by atoms with van der Waals surface area (Å²) in [5, 5.41) is 3.60. The molecule has 0 radical (unpaired) electrons.